The third kappa shape index (κ3) is 4.68. The monoisotopic (exact) mass is 516 g/mol. The Hall–Kier alpha value is -3.68. The molecule has 0 radical (unpaired) electrons. The van der Waals surface area contributed by atoms with Crippen LogP contribution in [0.5, 0.6) is 0 Å². The molecule has 0 atom stereocenters. The number of nitrogens with zero attached hydrogens (tertiary/aromatic N) is 4. The average molecular weight is 517 g/mol. The molecular weight excluding hydrogens is 480 g/mol. The first-order chi connectivity index (χ1) is 17.9. The van der Waals surface area contributed by atoms with E-state index in [-0.39, 0.29) is 11.8 Å². The number of benzene rings is 1. The number of fused-ring (bicyclic) bond motifs is 2. The lowest BCUT2D eigenvalue weighted by molar-refractivity contribution is -0.142. The number of rotatable bonds is 4. The van der Waals surface area contributed by atoms with Crippen LogP contribution in [0.15, 0.2) is 36.8 Å². The van der Waals surface area contributed by atoms with Gasteiger partial charge in [-0.25, -0.2) is 18.9 Å². The molecule has 38 heavy (non-hydrogen) atoms. The van der Waals surface area contributed by atoms with Crippen LogP contribution in [0.25, 0.3) is 27.8 Å². The molecule has 1 aliphatic carbocycles. The van der Waals surface area contributed by atoms with Crippen molar-refractivity contribution in [1.29, 1.82) is 0 Å². The van der Waals surface area contributed by atoms with E-state index in [0.717, 1.165) is 51.8 Å². The second-order valence-corrected chi connectivity index (χ2v) is 11.8. The van der Waals surface area contributed by atoms with E-state index < -0.39 is 17.7 Å². The summed E-state index contributed by atoms with van der Waals surface area (Å²) in [5.74, 6) is -0.520. The number of pyridine rings is 1. The summed E-state index contributed by atoms with van der Waals surface area (Å²) in [5, 5.41) is 14.8. The minimum absolute atomic E-state index is 0.126. The number of carbonyl (C=O) groups is 2. The van der Waals surface area contributed by atoms with E-state index in [1.807, 2.05) is 40.0 Å². The highest BCUT2D eigenvalue weighted by atomic mass is 16.6. The van der Waals surface area contributed by atoms with Gasteiger partial charge in [-0.15, -0.1) is 0 Å². The second-order valence-electron chi connectivity index (χ2n) is 11.8. The molecule has 1 aromatic carbocycles. The van der Waals surface area contributed by atoms with E-state index in [2.05, 4.69) is 42.1 Å². The predicted octanol–water partition coefficient (Wildman–Crippen LogP) is 6.92. The van der Waals surface area contributed by atoms with Gasteiger partial charge in [-0.3, -0.25) is 4.79 Å². The topological polar surface area (TPSA) is 98.7 Å². The molecule has 1 aliphatic rings. The summed E-state index contributed by atoms with van der Waals surface area (Å²) in [6.45, 7) is 11.9. The van der Waals surface area contributed by atoms with Crippen molar-refractivity contribution in [2.45, 2.75) is 84.7 Å². The number of hydrogen-bond acceptors (Lipinski definition) is 5. The second kappa shape index (κ2) is 9.57. The fourth-order valence-corrected chi connectivity index (χ4v) is 5.85. The van der Waals surface area contributed by atoms with Crippen molar-refractivity contribution in [3.63, 3.8) is 0 Å². The Bertz CT molecular complexity index is 1530. The predicted molar refractivity (Wildman–Crippen MR) is 147 cm³/mol. The zero-order valence-corrected chi connectivity index (χ0v) is 23.0. The first kappa shape index (κ1) is 25.9. The molecule has 3 heterocycles. The Morgan fingerprint density at radius 2 is 1.82 bits per heavy atom. The molecule has 0 aliphatic heterocycles. The van der Waals surface area contributed by atoms with Crippen LogP contribution in [0.1, 0.15) is 88.8 Å². The van der Waals surface area contributed by atoms with Crippen LogP contribution in [0.4, 0.5) is 4.79 Å². The summed E-state index contributed by atoms with van der Waals surface area (Å²) < 4.78 is 9.36. The van der Waals surface area contributed by atoms with Crippen LogP contribution in [0, 0.1) is 12.8 Å². The smallest absolute Gasteiger partial charge is 0.419 e. The Labute approximate surface area is 222 Å². The minimum Gasteiger partial charge on any atom is -0.481 e. The molecule has 0 saturated heterocycles. The molecule has 0 unspecified atom stereocenters. The Balaban J connectivity index is 1.72. The lowest BCUT2D eigenvalue weighted by atomic mass is 9.78. The summed E-state index contributed by atoms with van der Waals surface area (Å²) >= 11 is 0. The number of aromatic nitrogens is 4. The van der Waals surface area contributed by atoms with Gasteiger partial charge in [0.25, 0.3) is 0 Å². The highest BCUT2D eigenvalue weighted by Crippen LogP contribution is 2.42. The van der Waals surface area contributed by atoms with Gasteiger partial charge in [-0.2, -0.15) is 5.10 Å². The summed E-state index contributed by atoms with van der Waals surface area (Å²) in [6.07, 6.45) is 6.11. The van der Waals surface area contributed by atoms with Gasteiger partial charge in [0.1, 0.15) is 11.9 Å². The Kier molecular flexibility index (Phi) is 6.53. The molecule has 200 valence electrons. The van der Waals surface area contributed by atoms with E-state index in [4.69, 9.17) is 4.74 Å². The van der Waals surface area contributed by atoms with Crippen LogP contribution in [0.2, 0.25) is 0 Å². The van der Waals surface area contributed by atoms with Crippen LogP contribution in [-0.2, 0) is 9.53 Å². The highest BCUT2D eigenvalue weighted by molar-refractivity contribution is 6.00. The van der Waals surface area contributed by atoms with E-state index in [1.54, 1.807) is 9.08 Å². The fraction of sp³-hybridized carbons (Fsp3) is 0.467. The number of hydrogen-bond donors (Lipinski definition) is 1. The van der Waals surface area contributed by atoms with Crippen molar-refractivity contribution in [2.24, 2.45) is 5.92 Å². The maximum Gasteiger partial charge on any atom is 0.419 e. The van der Waals surface area contributed by atoms with E-state index in [9.17, 15) is 14.7 Å². The largest absolute Gasteiger partial charge is 0.481 e. The Morgan fingerprint density at radius 1 is 1.11 bits per heavy atom. The highest BCUT2D eigenvalue weighted by Gasteiger charge is 2.30. The maximum absolute atomic E-state index is 13.7. The number of aliphatic carboxylic acids is 1. The molecule has 0 bridgehead atoms. The molecule has 8 heteroatoms. The van der Waals surface area contributed by atoms with Gasteiger partial charge in [0.2, 0.25) is 0 Å². The number of aryl methyl sites for hydroxylation is 1. The summed E-state index contributed by atoms with van der Waals surface area (Å²) in [4.78, 5) is 29.6. The summed E-state index contributed by atoms with van der Waals surface area (Å²) in [5.41, 5.74) is 5.83. The van der Waals surface area contributed by atoms with Gasteiger partial charge in [0.05, 0.1) is 17.1 Å². The van der Waals surface area contributed by atoms with Gasteiger partial charge in [0.15, 0.2) is 5.65 Å². The molecule has 0 spiro atoms. The summed E-state index contributed by atoms with van der Waals surface area (Å²) in [6, 6.07) is 8.38. The number of carboxylic acid groups (broad SMARTS) is 1. The quantitative estimate of drug-likeness (QED) is 0.316. The van der Waals surface area contributed by atoms with Crippen LogP contribution < -0.4 is 0 Å². The normalized spacial score (nSPS) is 18.4. The molecule has 1 N–H and O–H groups in total. The number of ether oxygens (including phenoxy) is 1. The molecular formula is C30H36N4O4. The van der Waals surface area contributed by atoms with E-state index in [0.29, 0.717) is 18.8 Å². The van der Waals surface area contributed by atoms with Gasteiger partial charge in [0, 0.05) is 17.1 Å². The number of carbonyl (C=O) groups excluding carboxylic acids is 1. The zero-order chi connectivity index (χ0) is 27.4. The van der Waals surface area contributed by atoms with Gasteiger partial charge in [-0.1, -0.05) is 19.9 Å². The van der Waals surface area contributed by atoms with Crippen molar-refractivity contribution < 1.29 is 19.4 Å². The van der Waals surface area contributed by atoms with Gasteiger partial charge in [-0.05, 0) is 100 Å². The lowest BCUT2D eigenvalue weighted by Gasteiger charge is -2.26. The van der Waals surface area contributed by atoms with E-state index >= 15 is 0 Å². The maximum atomic E-state index is 13.7. The SMILES string of the molecule is Cc1cc(-c2c(C(C)C)c3cc(C4CCC(C(=O)O)CC4)ccc3n2C(=O)OC(C)(C)C)cn2ncnc12. The molecule has 8 nitrogen and oxygen atoms in total. The van der Waals surface area contributed by atoms with Gasteiger partial charge >= 0.3 is 12.1 Å². The fourth-order valence-electron chi connectivity index (χ4n) is 5.85. The zero-order valence-electron chi connectivity index (χ0n) is 23.0. The van der Waals surface area contributed by atoms with Crippen LogP contribution >= 0.6 is 0 Å². The first-order valence-corrected chi connectivity index (χ1v) is 13.4. The molecule has 0 amide bonds. The van der Waals surface area contributed by atoms with Crippen molar-refractivity contribution in [3.8, 4) is 11.3 Å². The van der Waals surface area contributed by atoms with E-state index in [1.165, 1.54) is 11.9 Å². The van der Waals surface area contributed by atoms with Gasteiger partial charge < -0.3 is 9.84 Å². The van der Waals surface area contributed by atoms with Crippen LogP contribution in [-0.4, -0.2) is 41.9 Å². The third-order valence-electron chi connectivity index (χ3n) is 7.56. The van der Waals surface area contributed by atoms with Crippen molar-refractivity contribution in [2.75, 3.05) is 0 Å². The first-order valence-electron chi connectivity index (χ1n) is 13.4. The minimum atomic E-state index is -0.695. The summed E-state index contributed by atoms with van der Waals surface area (Å²) in [7, 11) is 0. The Morgan fingerprint density at radius 3 is 2.45 bits per heavy atom. The number of carboxylic acids is 1. The van der Waals surface area contributed by atoms with Crippen molar-refractivity contribution in [1.82, 2.24) is 19.2 Å². The molecule has 1 fully saturated rings. The van der Waals surface area contributed by atoms with Crippen molar-refractivity contribution >= 4 is 28.6 Å². The lowest BCUT2D eigenvalue weighted by Crippen LogP contribution is -2.27. The van der Waals surface area contributed by atoms with Crippen molar-refractivity contribution in [3.05, 3.63) is 53.5 Å². The van der Waals surface area contributed by atoms with Crippen LogP contribution in [0.3, 0.4) is 0 Å². The third-order valence-corrected chi connectivity index (χ3v) is 7.56. The standard InChI is InChI=1S/C30H36N4O4/c1-17(2)25-23-14-21(19-7-9-20(10-8-19)28(35)36)11-12-24(23)34(29(37)38-30(4,5)6)26(25)22-13-18(3)27-31-16-32-33(27)15-22/h11-17,19-20H,7-10H2,1-6H3,(H,35,36). The molecule has 1 saturated carbocycles. The molecule has 3 aromatic heterocycles. The molecule has 5 rings (SSSR count). The average Bonchev–Trinajstić information content (AvgIpc) is 3.45. The molecule has 4 aromatic rings.